The fourth-order valence-electron chi connectivity index (χ4n) is 2.59. The summed E-state index contributed by atoms with van der Waals surface area (Å²) in [6.45, 7) is 4.65. The standard InChI is InChI=1S/C16H23NO2/c1-3-19-16(18)15-6-4-13(5-7-15)12-14-8-10-17(2)11-9-14/h4-7,14H,3,8-12H2,1-2H3. The van der Waals surface area contributed by atoms with Crippen molar-refractivity contribution >= 4 is 5.97 Å². The number of carbonyl (C=O) groups is 1. The van der Waals surface area contributed by atoms with Gasteiger partial charge in [-0.15, -0.1) is 0 Å². The van der Waals surface area contributed by atoms with Gasteiger partial charge in [-0.05, 0) is 69.9 Å². The Kier molecular flexibility index (Phi) is 4.97. The first-order chi connectivity index (χ1) is 9.19. The first kappa shape index (κ1) is 14.1. The van der Waals surface area contributed by atoms with E-state index in [1.54, 1.807) is 0 Å². The van der Waals surface area contributed by atoms with E-state index in [2.05, 4.69) is 24.1 Å². The van der Waals surface area contributed by atoms with E-state index >= 15 is 0 Å². The fourth-order valence-corrected chi connectivity index (χ4v) is 2.59. The number of likely N-dealkylation sites (tertiary alicyclic amines) is 1. The minimum atomic E-state index is -0.228. The van der Waals surface area contributed by atoms with Gasteiger partial charge in [-0.2, -0.15) is 0 Å². The van der Waals surface area contributed by atoms with Gasteiger partial charge in [-0.3, -0.25) is 0 Å². The van der Waals surface area contributed by atoms with Gasteiger partial charge in [-0.25, -0.2) is 4.79 Å². The minimum Gasteiger partial charge on any atom is -0.462 e. The summed E-state index contributed by atoms with van der Waals surface area (Å²) in [7, 11) is 2.18. The zero-order chi connectivity index (χ0) is 13.7. The maximum absolute atomic E-state index is 11.6. The molecule has 0 spiro atoms. The van der Waals surface area contributed by atoms with E-state index in [9.17, 15) is 4.79 Å². The summed E-state index contributed by atoms with van der Waals surface area (Å²) in [6, 6.07) is 7.87. The van der Waals surface area contributed by atoms with Crippen LogP contribution in [0.15, 0.2) is 24.3 Å². The van der Waals surface area contributed by atoms with Crippen molar-refractivity contribution in [1.82, 2.24) is 4.90 Å². The molecule has 3 nitrogen and oxygen atoms in total. The summed E-state index contributed by atoms with van der Waals surface area (Å²) in [4.78, 5) is 13.9. The molecule has 19 heavy (non-hydrogen) atoms. The predicted molar refractivity (Wildman–Crippen MR) is 76.3 cm³/mol. The smallest absolute Gasteiger partial charge is 0.338 e. The van der Waals surface area contributed by atoms with Crippen LogP contribution < -0.4 is 0 Å². The van der Waals surface area contributed by atoms with Gasteiger partial charge in [-0.1, -0.05) is 12.1 Å². The molecular formula is C16H23NO2. The lowest BCUT2D eigenvalue weighted by Gasteiger charge is -2.28. The zero-order valence-corrected chi connectivity index (χ0v) is 11.9. The number of esters is 1. The second-order valence-electron chi connectivity index (χ2n) is 5.37. The van der Waals surface area contributed by atoms with Crippen LogP contribution in [0, 0.1) is 5.92 Å². The Morgan fingerprint density at radius 1 is 1.26 bits per heavy atom. The van der Waals surface area contributed by atoms with E-state index in [1.165, 1.54) is 31.5 Å². The first-order valence-electron chi connectivity index (χ1n) is 7.13. The lowest BCUT2D eigenvalue weighted by Crippen LogP contribution is -2.30. The number of ether oxygens (including phenoxy) is 1. The monoisotopic (exact) mass is 261 g/mol. The third-order valence-corrected chi connectivity index (χ3v) is 3.83. The number of hydrogen-bond acceptors (Lipinski definition) is 3. The van der Waals surface area contributed by atoms with Crippen molar-refractivity contribution in [3.63, 3.8) is 0 Å². The molecular weight excluding hydrogens is 238 g/mol. The highest BCUT2D eigenvalue weighted by molar-refractivity contribution is 5.89. The maximum atomic E-state index is 11.6. The summed E-state index contributed by atoms with van der Waals surface area (Å²) < 4.78 is 4.99. The van der Waals surface area contributed by atoms with E-state index in [4.69, 9.17) is 4.74 Å². The molecule has 1 saturated heterocycles. The summed E-state index contributed by atoms with van der Waals surface area (Å²) in [6.07, 6.45) is 3.67. The molecule has 1 heterocycles. The van der Waals surface area contributed by atoms with E-state index in [0.29, 0.717) is 12.2 Å². The van der Waals surface area contributed by atoms with Gasteiger partial charge in [0.05, 0.1) is 12.2 Å². The second kappa shape index (κ2) is 6.71. The summed E-state index contributed by atoms with van der Waals surface area (Å²) in [5.74, 6) is 0.554. The van der Waals surface area contributed by atoms with Crippen molar-refractivity contribution < 1.29 is 9.53 Å². The molecule has 2 rings (SSSR count). The third-order valence-electron chi connectivity index (χ3n) is 3.83. The van der Waals surface area contributed by atoms with Gasteiger partial charge in [0.2, 0.25) is 0 Å². The van der Waals surface area contributed by atoms with Crippen molar-refractivity contribution in [3.05, 3.63) is 35.4 Å². The molecule has 0 amide bonds. The maximum Gasteiger partial charge on any atom is 0.338 e. The topological polar surface area (TPSA) is 29.5 Å². The highest BCUT2D eigenvalue weighted by Crippen LogP contribution is 2.21. The van der Waals surface area contributed by atoms with Gasteiger partial charge < -0.3 is 9.64 Å². The van der Waals surface area contributed by atoms with Crippen molar-refractivity contribution in [1.29, 1.82) is 0 Å². The molecule has 104 valence electrons. The molecule has 1 aliphatic heterocycles. The third kappa shape index (κ3) is 4.06. The Morgan fingerprint density at radius 3 is 2.47 bits per heavy atom. The van der Waals surface area contributed by atoms with Crippen LogP contribution in [0.25, 0.3) is 0 Å². The highest BCUT2D eigenvalue weighted by Gasteiger charge is 2.17. The molecule has 1 aliphatic rings. The minimum absolute atomic E-state index is 0.228. The molecule has 0 atom stereocenters. The van der Waals surface area contributed by atoms with Crippen LogP contribution in [0.1, 0.15) is 35.7 Å². The Balaban J connectivity index is 1.90. The van der Waals surface area contributed by atoms with E-state index in [-0.39, 0.29) is 5.97 Å². The van der Waals surface area contributed by atoms with Crippen molar-refractivity contribution in [2.75, 3.05) is 26.7 Å². The summed E-state index contributed by atoms with van der Waals surface area (Å²) in [5.41, 5.74) is 1.97. The van der Waals surface area contributed by atoms with Crippen LogP contribution in [-0.2, 0) is 11.2 Å². The Bertz CT molecular complexity index is 405. The molecule has 0 aliphatic carbocycles. The normalized spacial score (nSPS) is 17.4. The Labute approximate surface area is 115 Å². The Hall–Kier alpha value is -1.35. The quantitative estimate of drug-likeness (QED) is 0.781. The lowest BCUT2D eigenvalue weighted by molar-refractivity contribution is 0.0526. The van der Waals surface area contributed by atoms with E-state index < -0.39 is 0 Å². The number of benzene rings is 1. The predicted octanol–water partition coefficient (Wildman–Crippen LogP) is 2.75. The SMILES string of the molecule is CCOC(=O)c1ccc(CC2CCN(C)CC2)cc1. The largest absolute Gasteiger partial charge is 0.462 e. The van der Waals surface area contributed by atoms with Gasteiger partial charge in [0.15, 0.2) is 0 Å². The zero-order valence-electron chi connectivity index (χ0n) is 11.9. The van der Waals surface area contributed by atoms with Crippen molar-refractivity contribution in [2.45, 2.75) is 26.2 Å². The molecule has 0 bridgehead atoms. The van der Waals surface area contributed by atoms with Crippen LogP contribution >= 0.6 is 0 Å². The van der Waals surface area contributed by atoms with Crippen LogP contribution in [0.2, 0.25) is 0 Å². The van der Waals surface area contributed by atoms with Crippen LogP contribution in [-0.4, -0.2) is 37.6 Å². The number of carbonyl (C=O) groups excluding carboxylic acids is 1. The molecule has 0 unspecified atom stereocenters. The molecule has 0 N–H and O–H groups in total. The van der Waals surface area contributed by atoms with E-state index in [1.807, 2.05) is 19.1 Å². The van der Waals surface area contributed by atoms with Gasteiger partial charge in [0.1, 0.15) is 0 Å². The van der Waals surface area contributed by atoms with Crippen molar-refractivity contribution in [3.8, 4) is 0 Å². The molecule has 0 aromatic heterocycles. The van der Waals surface area contributed by atoms with Crippen LogP contribution in [0.5, 0.6) is 0 Å². The molecule has 1 fully saturated rings. The van der Waals surface area contributed by atoms with Crippen LogP contribution in [0.3, 0.4) is 0 Å². The summed E-state index contributed by atoms with van der Waals surface area (Å²) in [5, 5.41) is 0. The molecule has 1 aromatic carbocycles. The second-order valence-corrected chi connectivity index (χ2v) is 5.37. The average molecular weight is 261 g/mol. The first-order valence-corrected chi connectivity index (χ1v) is 7.13. The summed E-state index contributed by atoms with van der Waals surface area (Å²) >= 11 is 0. The van der Waals surface area contributed by atoms with Gasteiger partial charge in [0.25, 0.3) is 0 Å². The molecule has 1 aromatic rings. The lowest BCUT2D eigenvalue weighted by atomic mass is 9.90. The Morgan fingerprint density at radius 2 is 1.89 bits per heavy atom. The number of nitrogens with zero attached hydrogens (tertiary/aromatic N) is 1. The van der Waals surface area contributed by atoms with Crippen LogP contribution in [0.4, 0.5) is 0 Å². The van der Waals surface area contributed by atoms with E-state index in [0.717, 1.165) is 12.3 Å². The number of piperidine rings is 1. The fraction of sp³-hybridized carbons (Fsp3) is 0.562. The molecule has 3 heteroatoms. The molecule has 0 radical (unpaired) electrons. The highest BCUT2D eigenvalue weighted by atomic mass is 16.5. The van der Waals surface area contributed by atoms with Crippen molar-refractivity contribution in [2.24, 2.45) is 5.92 Å². The van der Waals surface area contributed by atoms with Gasteiger partial charge in [0, 0.05) is 0 Å². The number of rotatable bonds is 4. The average Bonchev–Trinajstić information content (AvgIpc) is 2.42. The van der Waals surface area contributed by atoms with Gasteiger partial charge >= 0.3 is 5.97 Å². The molecule has 0 saturated carbocycles. The number of hydrogen-bond donors (Lipinski definition) is 0.